The Balaban J connectivity index is 1.15. The molecule has 2 aromatic rings. The molecule has 7 nitrogen and oxygen atoms in total. The molecular weight excluding hydrogens is 478 g/mol. The zero-order valence-electron chi connectivity index (χ0n) is 21.4. The third kappa shape index (κ3) is 5.87. The number of hydrogen-bond acceptors (Lipinski definition) is 6. The number of carboxylic acid groups (broad SMARTS) is 1. The summed E-state index contributed by atoms with van der Waals surface area (Å²) < 4.78 is 34.8. The molecule has 0 spiro atoms. The van der Waals surface area contributed by atoms with Crippen molar-refractivity contribution in [2.75, 3.05) is 32.1 Å². The lowest BCUT2D eigenvalue weighted by Crippen LogP contribution is -2.34. The Kier molecular flexibility index (Phi) is 7.88. The Morgan fingerprint density at radius 2 is 2.14 bits per heavy atom. The number of aryl methyl sites for hydroxylation is 1. The van der Waals surface area contributed by atoms with Crippen molar-refractivity contribution in [3.8, 4) is 5.75 Å². The monoisotopic (exact) mass is 514 g/mol. The van der Waals surface area contributed by atoms with Crippen molar-refractivity contribution >= 4 is 11.8 Å². The van der Waals surface area contributed by atoms with Crippen LogP contribution >= 0.6 is 0 Å². The van der Waals surface area contributed by atoms with E-state index >= 15 is 4.39 Å². The fourth-order valence-electron chi connectivity index (χ4n) is 5.86. The van der Waals surface area contributed by atoms with Gasteiger partial charge in [0.2, 0.25) is 0 Å². The largest absolute Gasteiger partial charge is 0.496 e. The Labute approximate surface area is 216 Å². The molecule has 2 aliphatic heterocycles. The fourth-order valence-corrected chi connectivity index (χ4v) is 5.86. The van der Waals surface area contributed by atoms with E-state index in [0.29, 0.717) is 37.2 Å². The van der Waals surface area contributed by atoms with E-state index in [9.17, 15) is 14.3 Å². The summed E-state index contributed by atoms with van der Waals surface area (Å²) >= 11 is 0. The summed E-state index contributed by atoms with van der Waals surface area (Å²) in [6, 6.07) is 2.31. The van der Waals surface area contributed by atoms with Gasteiger partial charge in [-0.2, -0.15) is 0 Å². The smallest absolute Gasteiger partial charge is 0.325 e. The molecule has 0 amide bonds. The minimum Gasteiger partial charge on any atom is -0.496 e. The van der Waals surface area contributed by atoms with Gasteiger partial charge < -0.3 is 15.2 Å². The van der Waals surface area contributed by atoms with Crippen LogP contribution in [0.5, 0.6) is 5.75 Å². The molecule has 1 saturated carbocycles. The number of hydrogen-bond donors (Lipinski definition) is 2. The lowest BCUT2D eigenvalue weighted by atomic mass is 9.97. The first-order valence-electron chi connectivity index (χ1n) is 13.5. The molecule has 9 heteroatoms. The van der Waals surface area contributed by atoms with Crippen LogP contribution in [-0.2, 0) is 17.6 Å². The Morgan fingerprint density at radius 3 is 2.89 bits per heavy atom. The number of carbonyl (C=O) groups is 1. The summed E-state index contributed by atoms with van der Waals surface area (Å²) in [5.41, 5.74) is 3.18. The molecule has 0 aromatic carbocycles. The Hall–Kier alpha value is -2.81. The second-order valence-corrected chi connectivity index (χ2v) is 10.6. The number of fused-ring (bicyclic) bond motifs is 1. The number of aromatic nitrogens is 2. The Morgan fingerprint density at radius 1 is 1.30 bits per heavy atom. The van der Waals surface area contributed by atoms with E-state index in [1.54, 1.807) is 12.0 Å². The molecule has 0 radical (unpaired) electrons. The van der Waals surface area contributed by atoms with Gasteiger partial charge in [0, 0.05) is 53.5 Å². The number of halogens is 2. The van der Waals surface area contributed by atoms with Crippen molar-refractivity contribution in [1.29, 1.82) is 0 Å². The number of alkyl halides is 1. The van der Waals surface area contributed by atoms with Gasteiger partial charge in [0.25, 0.3) is 0 Å². The second-order valence-electron chi connectivity index (χ2n) is 10.6. The summed E-state index contributed by atoms with van der Waals surface area (Å²) in [5, 5.41) is 13.4. The highest BCUT2D eigenvalue weighted by atomic mass is 19.1. The summed E-state index contributed by atoms with van der Waals surface area (Å²) in [5.74, 6) is 0.178. The molecule has 3 aliphatic rings. The lowest BCUT2D eigenvalue weighted by molar-refractivity contribution is -0.143. The summed E-state index contributed by atoms with van der Waals surface area (Å²) in [6.07, 6.45) is 7.41. The fraction of sp³-hybridized carbons (Fsp3) is 0.607. The van der Waals surface area contributed by atoms with E-state index in [2.05, 4.69) is 10.3 Å². The number of carboxylic acids is 1. The van der Waals surface area contributed by atoms with Gasteiger partial charge in [-0.1, -0.05) is 6.42 Å². The van der Waals surface area contributed by atoms with Crippen molar-refractivity contribution in [3.63, 3.8) is 0 Å². The van der Waals surface area contributed by atoms with Crippen LogP contribution < -0.4 is 10.1 Å². The number of likely N-dealkylation sites (tertiary alicyclic amines) is 1. The average molecular weight is 515 g/mol. The average Bonchev–Trinajstić information content (AvgIpc) is 3.62. The molecule has 5 rings (SSSR count). The first-order chi connectivity index (χ1) is 17.9. The summed E-state index contributed by atoms with van der Waals surface area (Å²) in [6.45, 7) is 1.75. The SMILES string of the molecule is COc1cc(CCCCC(F)[C@@H]2CCN(C(C(=O)O)c3cc(F)cnc3C3CC3)C2)nc2c1CCCN2. The predicted octanol–water partition coefficient (Wildman–Crippen LogP) is 5.06. The standard InChI is InChI=1S/C28H36F2N4O3/c1-37-24-14-20(33-27-21(24)6-4-11-31-27)5-2-3-7-23(30)18-10-12-34(16-18)26(28(35)36)22-13-19(29)15-32-25(22)17-8-9-17/h13-15,17-18,23,26H,2-12,16H2,1H3,(H,31,33)(H,35,36)/t18-,23?,26?/m1/s1. The number of pyridine rings is 2. The zero-order valence-corrected chi connectivity index (χ0v) is 21.4. The van der Waals surface area contributed by atoms with E-state index < -0.39 is 24.0 Å². The number of unbranched alkanes of at least 4 members (excludes halogenated alkanes) is 1. The van der Waals surface area contributed by atoms with Crippen LogP contribution in [0.2, 0.25) is 0 Å². The zero-order chi connectivity index (χ0) is 25.9. The molecule has 2 unspecified atom stereocenters. The predicted molar refractivity (Wildman–Crippen MR) is 136 cm³/mol. The normalized spacial score (nSPS) is 21.2. The van der Waals surface area contributed by atoms with E-state index in [0.717, 1.165) is 80.5 Å². The van der Waals surface area contributed by atoms with Gasteiger partial charge in [0.1, 0.15) is 29.6 Å². The van der Waals surface area contributed by atoms with Crippen LogP contribution in [-0.4, -0.2) is 58.9 Å². The van der Waals surface area contributed by atoms with Gasteiger partial charge in [-0.15, -0.1) is 0 Å². The lowest BCUT2D eigenvalue weighted by Gasteiger charge is -2.26. The van der Waals surface area contributed by atoms with Gasteiger partial charge in [-0.3, -0.25) is 14.7 Å². The molecule has 2 aromatic heterocycles. The highest BCUT2D eigenvalue weighted by Gasteiger charge is 2.40. The van der Waals surface area contributed by atoms with E-state index in [1.807, 2.05) is 6.07 Å². The van der Waals surface area contributed by atoms with Gasteiger partial charge in [0.15, 0.2) is 0 Å². The number of rotatable bonds is 11. The Bertz CT molecular complexity index is 1110. The van der Waals surface area contributed by atoms with Crippen LogP contribution in [0.4, 0.5) is 14.6 Å². The third-order valence-electron chi connectivity index (χ3n) is 7.96. The molecule has 1 aliphatic carbocycles. The maximum absolute atomic E-state index is 15.2. The van der Waals surface area contributed by atoms with Crippen molar-refractivity contribution < 1.29 is 23.4 Å². The maximum atomic E-state index is 15.2. The van der Waals surface area contributed by atoms with E-state index in [4.69, 9.17) is 9.72 Å². The van der Waals surface area contributed by atoms with Gasteiger partial charge in [-0.05, 0) is 64.0 Å². The first-order valence-corrected chi connectivity index (χ1v) is 13.5. The molecule has 3 atom stereocenters. The minimum absolute atomic E-state index is 0.199. The molecular formula is C28H36F2N4O3. The molecule has 2 N–H and O–H groups in total. The molecule has 1 saturated heterocycles. The number of methoxy groups -OCH3 is 1. The van der Waals surface area contributed by atoms with Crippen molar-refractivity contribution in [2.24, 2.45) is 5.92 Å². The van der Waals surface area contributed by atoms with Crippen molar-refractivity contribution in [2.45, 2.75) is 75.9 Å². The van der Waals surface area contributed by atoms with Crippen LogP contribution in [0.25, 0.3) is 0 Å². The van der Waals surface area contributed by atoms with Crippen molar-refractivity contribution in [1.82, 2.24) is 14.9 Å². The summed E-state index contributed by atoms with van der Waals surface area (Å²) in [4.78, 5) is 23.0. The van der Waals surface area contributed by atoms with Crippen LogP contribution in [0, 0.1) is 11.7 Å². The van der Waals surface area contributed by atoms with E-state index in [1.165, 1.54) is 6.07 Å². The van der Waals surface area contributed by atoms with Crippen LogP contribution in [0.3, 0.4) is 0 Å². The van der Waals surface area contributed by atoms with Crippen molar-refractivity contribution in [3.05, 3.63) is 46.7 Å². The first kappa shape index (κ1) is 25.8. The van der Waals surface area contributed by atoms with Gasteiger partial charge in [-0.25, -0.2) is 13.8 Å². The van der Waals surface area contributed by atoms with E-state index in [-0.39, 0.29) is 11.8 Å². The molecule has 2 fully saturated rings. The second kappa shape index (κ2) is 11.3. The number of nitrogens with one attached hydrogen (secondary N) is 1. The highest BCUT2D eigenvalue weighted by Crippen LogP contribution is 2.43. The third-order valence-corrected chi connectivity index (χ3v) is 7.96. The number of ether oxygens (including phenoxy) is 1. The number of anilines is 1. The quantitative estimate of drug-likeness (QED) is 0.406. The van der Waals surface area contributed by atoms with Crippen LogP contribution in [0.15, 0.2) is 18.3 Å². The molecule has 200 valence electrons. The molecule has 37 heavy (non-hydrogen) atoms. The molecule has 0 bridgehead atoms. The number of aliphatic carboxylic acids is 1. The number of nitrogens with zero attached hydrogens (tertiary/aromatic N) is 3. The van der Waals surface area contributed by atoms with Crippen LogP contribution in [0.1, 0.15) is 79.4 Å². The molecule has 4 heterocycles. The highest BCUT2D eigenvalue weighted by molar-refractivity contribution is 5.76. The minimum atomic E-state index is -1.03. The maximum Gasteiger partial charge on any atom is 0.325 e. The topological polar surface area (TPSA) is 87.6 Å². The summed E-state index contributed by atoms with van der Waals surface area (Å²) in [7, 11) is 1.68. The van der Waals surface area contributed by atoms with Gasteiger partial charge in [0.05, 0.1) is 13.3 Å². The van der Waals surface area contributed by atoms with Gasteiger partial charge >= 0.3 is 5.97 Å².